The minimum absolute atomic E-state index is 0.268. The molecular formula is C18H27N3O. The lowest BCUT2D eigenvalue weighted by atomic mass is 10.1. The van der Waals surface area contributed by atoms with Crippen LogP contribution < -0.4 is 5.73 Å². The molecule has 2 N–H and O–H groups in total. The Hall–Kier alpha value is -1.55. The minimum atomic E-state index is 0.268. The fourth-order valence-electron chi connectivity index (χ4n) is 3.71. The van der Waals surface area contributed by atoms with Crippen LogP contribution in [-0.4, -0.2) is 47.9 Å². The van der Waals surface area contributed by atoms with Crippen LogP contribution in [0.15, 0.2) is 24.3 Å². The maximum absolute atomic E-state index is 12.6. The van der Waals surface area contributed by atoms with Gasteiger partial charge in [0.25, 0.3) is 0 Å². The SMILES string of the molecule is Nc1ccc(CC(=O)N2CCCC2CN2CCCCC2)cc1. The Bertz CT molecular complexity index is 494. The Morgan fingerprint density at radius 1 is 1.05 bits per heavy atom. The van der Waals surface area contributed by atoms with E-state index in [2.05, 4.69) is 9.80 Å². The lowest BCUT2D eigenvalue weighted by Crippen LogP contribution is -2.45. The second-order valence-electron chi connectivity index (χ2n) is 6.66. The Balaban J connectivity index is 1.57. The van der Waals surface area contributed by atoms with Gasteiger partial charge < -0.3 is 15.5 Å². The van der Waals surface area contributed by atoms with Crippen molar-refractivity contribution in [2.45, 2.75) is 44.6 Å². The van der Waals surface area contributed by atoms with Crippen LogP contribution in [0.1, 0.15) is 37.7 Å². The molecular weight excluding hydrogens is 274 g/mol. The number of hydrogen-bond acceptors (Lipinski definition) is 3. The fourth-order valence-corrected chi connectivity index (χ4v) is 3.71. The van der Waals surface area contributed by atoms with E-state index in [0.29, 0.717) is 12.5 Å². The van der Waals surface area contributed by atoms with Crippen LogP contribution in [0.3, 0.4) is 0 Å². The molecule has 2 saturated heterocycles. The number of carbonyl (C=O) groups is 1. The quantitative estimate of drug-likeness (QED) is 0.868. The molecule has 0 aliphatic carbocycles. The normalized spacial score (nSPS) is 22.9. The van der Waals surface area contributed by atoms with Gasteiger partial charge in [0, 0.05) is 24.8 Å². The van der Waals surface area contributed by atoms with E-state index in [1.807, 2.05) is 24.3 Å². The minimum Gasteiger partial charge on any atom is -0.399 e. The van der Waals surface area contributed by atoms with Crippen LogP contribution in [0.4, 0.5) is 5.69 Å². The van der Waals surface area contributed by atoms with Crippen LogP contribution in [0.5, 0.6) is 0 Å². The Kier molecular flexibility index (Phi) is 4.98. The van der Waals surface area contributed by atoms with Crippen molar-refractivity contribution in [3.63, 3.8) is 0 Å². The summed E-state index contributed by atoms with van der Waals surface area (Å²) in [7, 11) is 0. The summed E-state index contributed by atoms with van der Waals surface area (Å²) in [6.45, 7) is 4.40. The lowest BCUT2D eigenvalue weighted by molar-refractivity contribution is -0.131. The number of likely N-dealkylation sites (tertiary alicyclic amines) is 2. The van der Waals surface area contributed by atoms with E-state index in [1.54, 1.807) is 0 Å². The van der Waals surface area contributed by atoms with Gasteiger partial charge in [-0.25, -0.2) is 0 Å². The summed E-state index contributed by atoms with van der Waals surface area (Å²) in [5, 5.41) is 0. The molecule has 0 radical (unpaired) electrons. The first-order valence-electron chi connectivity index (χ1n) is 8.58. The standard InChI is InChI=1S/C18H27N3O/c19-16-8-6-15(7-9-16)13-18(22)21-12-4-5-17(21)14-20-10-2-1-3-11-20/h6-9,17H,1-5,10-14,19H2. The average Bonchev–Trinajstić information content (AvgIpc) is 2.99. The van der Waals surface area contributed by atoms with Crippen molar-refractivity contribution in [1.29, 1.82) is 0 Å². The Labute approximate surface area is 133 Å². The summed E-state index contributed by atoms with van der Waals surface area (Å²) >= 11 is 0. The van der Waals surface area contributed by atoms with Gasteiger partial charge in [-0.05, 0) is 56.5 Å². The number of benzene rings is 1. The van der Waals surface area contributed by atoms with Crippen LogP contribution in [0.25, 0.3) is 0 Å². The molecule has 0 bridgehead atoms. The summed E-state index contributed by atoms with van der Waals surface area (Å²) in [6.07, 6.45) is 6.78. The van der Waals surface area contributed by atoms with Crippen LogP contribution >= 0.6 is 0 Å². The van der Waals surface area contributed by atoms with Crippen LogP contribution in [0.2, 0.25) is 0 Å². The van der Waals surface area contributed by atoms with Crippen molar-refractivity contribution in [2.24, 2.45) is 0 Å². The molecule has 1 atom stereocenters. The molecule has 1 aromatic carbocycles. The van der Waals surface area contributed by atoms with E-state index < -0.39 is 0 Å². The number of amides is 1. The van der Waals surface area contributed by atoms with Crippen molar-refractivity contribution in [3.8, 4) is 0 Å². The predicted octanol–water partition coefficient (Wildman–Crippen LogP) is 2.29. The summed E-state index contributed by atoms with van der Waals surface area (Å²) in [5.74, 6) is 0.268. The summed E-state index contributed by atoms with van der Waals surface area (Å²) in [4.78, 5) is 17.3. The van der Waals surface area contributed by atoms with E-state index >= 15 is 0 Å². The maximum atomic E-state index is 12.6. The molecule has 1 aromatic rings. The first-order chi connectivity index (χ1) is 10.7. The zero-order valence-corrected chi connectivity index (χ0v) is 13.3. The van der Waals surface area contributed by atoms with Crippen LogP contribution in [0, 0.1) is 0 Å². The van der Waals surface area contributed by atoms with Gasteiger partial charge in [0.1, 0.15) is 0 Å². The Morgan fingerprint density at radius 2 is 1.77 bits per heavy atom. The van der Waals surface area contributed by atoms with Gasteiger partial charge in [0.05, 0.1) is 6.42 Å². The zero-order chi connectivity index (χ0) is 15.4. The summed E-state index contributed by atoms with van der Waals surface area (Å²) < 4.78 is 0. The van der Waals surface area contributed by atoms with E-state index in [-0.39, 0.29) is 5.91 Å². The second-order valence-corrected chi connectivity index (χ2v) is 6.66. The van der Waals surface area contributed by atoms with Gasteiger partial charge in [-0.2, -0.15) is 0 Å². The molecule has 0 saturated carbocycles. The van der Waals surface area contributed by atoms with Gasteiger partial charge >= 0.3 is 0 Å². The molecule has 1 unspecified atom stereocenters. The van der Waals surface area contributed by atoms with E-state index in [1.165, 1.54) is 32.4 Å². The molecule has 1 amide bonds. The highest BCUT2D eigenvalue weighted by atomic mass is 16.2. The number of rotatable bonds is 4. The maximum Gasteiger partial charge on any atom is 0.227 e. The van der Waals surface area contributed by atoms with Crippen molar-refractivity contribution in [2.75, 3.05) is 31.9 Å². The average molecular weight is 301 g/mol. The van der Waals surface area contributed by atoms with Gasteiger partial charge in [0.15, 0.2) is 0 Å². The van der Waals surface area contributed by atoms with Gasteiger partial charge in [-0.15, -0.1) is 0 Å². The molecule has 2 aliphatic rings. The number of nitrogens with two attached hydrogens (primary N) is 1. The molecule has 2 fully saturated rings. The molecule has 2 heterocycles. The summed E-state index contributed by atoms with van der Waals surface area (Å²) in [5.41, 5.74) is 7.51. The molecule has 4 heteroatoms. The number of nitrogen functional groups attached to an aromatic ring is 1. The summed E-state index contributed by atoms with van der Waals surface area (Å²) in [6, 6.07) is 8.08. The van der Waals surface area contributed by atoms with Crippen molar-refractivity contribution >= 4 is 11.6 Å². The molecule has 120 valence electrons. The van der Waals surface area contributed by atoms with Crippen molar-refractivity contribution in [3.05, 3.63) is 29.8 Å². The molecule has 4 nitrogen and oxygen atoms in total. The predicted molar refractivity (Wildman–Crippen MR) is 89.6 cm³/mol. The third kappa shape index (κ3) is 3.80. The Morgan fingerprint density at radius 3 is 2.50 bits per heavy atom. The third-order valence-corrected chi connectivity index (χ3v) is 4.95. The lowest BCUT2D eigenvalue weighted by Gasteiger charge is -2.33. The first kappa shape index (κ1) is 15.3. The number of carbonyl (C=O) groups excluding carboxylic acids is 1. The highest BCUT2D eigenvalue weighted by molar-refractivity contribution is 5.79. The highest BCUT2D eigenvalue weighted by Crippen LogP contribution is 2.21. The number of hydrogen-bond donors (Lipinski definition) is 1. The molecule has 0 spiro atoms. The van der Waals surface area contributed by atoms with E-state index in [9.17, 15) is 4.79 Å². The number of anilines is 1. The molecule has 3 rings (SSSR count). The monoisotopic (exact) mass is 301 g/mol. The van der Waals surface area contributed by atoms with Crippen molar-refractivity contribution in [1.82, 2.24) is 9.80 Å². The number of piperidine rings is 1. The van der Waals surface area contributed by atoms with Crippen LogP contribution in [-0.2, 0) is 11.2 Å². The third-order valence-electron chi connectivity index (χ3n) is 4.95. The number of nitrogens with zero attached hydrogens (tertiary/aromatic N) is 2. The molecule has 2 aliphatic heterocycles. The first-order valence-corrected chi connectivity index (χ1v) is 8.58. The second kappa shape index (κ2) is 7.14. The topological polar surface area (TPSA) is 49.6 Å². The van der Waals surface area contributed by atoms with E-state index in [4.69, 9.17) is 5.73 Å². The van der Waals surface area contributed by atoms with Gasteiger partial charge in [-0.3, -0.25) is 4.79 Å². The van der Waals surface area contributed by atoms with Crippen molar-refractivity contribution < 1.29 is 4.79 Å². The molecule has 22 heavy (non-hydrogen) atoms. The van der Waals surface area contributed by atoms with Gasteiger partial charge in [0.2, 0.25) is 5.91 Å². The fraction of sp³-hybridized carbons (Fsp3) is 0.611. The smallest absolute Gasteiger partial charge is 0.227 e. The zero-order valence-electron chi connectivity index (χ0n) is 13.3. The molecule has 0 aromatic heterocycles. The largest absolute Gasteiger partial charge is 0.399 e. The van der Waals surface area contributed by atoms with E-state index in [0.717, 1.165) is 37.2 Å². The van der Waals surface area contributed by atoms with Gasteiger partial charge in [-0.1, -0.05) is 18.6 Å². The highest BCUT2D eigenvalue weighted by Gasteiger charge is 2.30.